The van der Waals surface area contributed by atoms with E-state index in [2.05, 4.69) is 15.6 Å². The van der Waals surface area contributed by atoms with E-state index in [4.69, 9.17) is 0 Å². The number of halogens is 1. The lowest BCUT2D eigenvalue weighted by atomic mass is 10.0. The van der Waals surface area contributed by atoms with E-state index in [1.807, 2.05) is 6.92 Å². The molecule has 0 bridgehead atoms. The topological polar surface area (TPSA) is 108 Å². The Morgan fingerprint density at radius 2 is 1.66 bits per heavy atom. The van der Waals surface area contributed by atoms with Crippen LogP contribution < -0.4 is 21.5 Å². The highest BCUT2D eigenvalue weighted by Crippen LogP contribution is 2.26. The number of nitrogens with zero attached hydrogens (tertiary/aromatic N) is 2. The molecule has 194 valence electrons. The zero-order chi connectivity index (χ0) is 25.3. The molecule has 35 heavy (non-hydrogen) atoms. The summed E-state index contributed by atoms with van der Waals surface area (Å²) in [6, 6.07) is 3.45. The number of unbranched alkanes of at least 4 members (excludes halogenated alkanes) is 3. The van der Waals surface area contributed by atoms with Crippen LogP contribution in [0.3, 0.4) is 0 Å². The second kappa shape index (κ2) is 13.1. The average molecular weight is 509 g/mol. The van der Waals surface area contributed by atoms with Gasteiger partial charge in [0.1, 0.15) is 18.0 Å². The van der Waals surface area contributed by atoms with Crippen LogP contribution in [-0.4, -0.2) is 48.8 Å². The molecule has 0 amide bonds. The molecule has 10 heteroatoms. The molecule has 2 aromatic rings. The second-order valence-corrected chi connectivity index (χ2v) is 11.6. The molecule has 1 unspecified atom stereocenters. The fraction of sp³-hybridized carbons (Fsp3) is 0.640. The third-order valence-corrected chi connectivity index (χ3v) is 9.11. The Morgan fingerprint density at radius 1 is 1.00 bits per heavy atom. The maximum absolute atomic E-state index is 13.0. The van der Waals surface area contributed by atoms with Crippen molar-refractivity contribution in [1.82, 2.24) is 9.29 Å². The zero-order valence-corrected chi connectivity index (χ0v) is 21.3. The molecule has 1 aliphatic rings. The lowest BCUT2D eigenvalue weighted by molar-refractivity contribution is 0.338. The van der Waals surface area contributed by atoms with Gasteiger partial charge in [-0.1, -0.05) is 38.5 Å². The van der Waals surface area contributed by atoms with E-state index in [0.717, 1.165) is 44.9 Å². The number of aromatic nitrogens is 1. The van der Waals surface area contributed by atoms with E-state index in [0.29, 0.717) is 37.2 Å². The van der Waals surface area contributed by atoms with Gasteiger partial charge in [0.15, 0.2) is 0 Å². The fourth-order valence-electron chi connectivity index (χ4n) is 4.67. The molecule has 1 saturated carbocycles. The first-order valence-corrected chi connectivity index (χ1v) is 14.2. The predicted octanol–water partition coefficient (Wildman–Crippen LogP) is 4.11. The normalized spacial score (nSPS) is 16.0. The largest absolute Gasteiger partial charge is 0.377 e. The van der Waals surface area contributed by atoms with Crippen LogP contribution in [0, 0.1) is 0 Å². The Labute approximate surface area is 207 Å². The zero-order valence-electron chi connectivity index (χ0n) is 20.5. The first kappa shape index (κ1) is 27.3. The van der Waals surface area contributed by atoms with Gasteiger partial charge in [-0.3, -0.25) is 14.6 Å². The van der Waals surface area contributed by atoms with Crippen molar-refractivity contribution in [2.24, 2.45) is 0 Å². The Bertz CT molecular complexity index is 1100. The van der Waals surface area contributed by atoms with Crippen molar-refractivity contribution in [2.45, 2.75) is 82.4 Å². The van der Waals surface area contributed by atoms with E-state index in [-0.39, 0.29) is 23.5 Å². The molecular weight excluding hydrogens is 471 g/mol. The van der Waals surface area contributed by atoms with Crippen molar-refractivity contribution < 1.29 is 12.8 Å². The van der Waals surface area contributed by atoms with Gasteiger partial charge in [0.05, 0.1) is 5.25 Å². The maximum atomic E-state index is 13.0. The van der Waals surface area contributed by atoms with Crippen LogP contribution in [0.2, 0.25) is 0 Å². The third kappa shape index (κ3) is 7.33. The van der Waals surface area contributed by atoms with Gasteiger partial charge in [0.2, 0.25) is 10.0 Å². The Balaban J connectivity index is 1.39. The molecule has 1 fully saturated rings. The summed E-state index contributed by atoms with van der Waals surface area (Å²) in [5, 5.41) is 5.77. The van der Waals surface area contributed by atoms with Gasteiger partial charge in [-0.15, -0.1) is 0 Å². The van der Waals surface area contributed by atoms with Crippen LogP contribution in [0.25, 0.3) is 0 Å². The van der Waals surface area contributed by atoms with Crippen molar-refractivity contribution in [2.75, 3.05) is 30.4 Å². The van der Waals surface area contributed by atoms with Gasteiger partial charge >= 0.3 is 0 Å². The van der Waals surface area contributed by atoms with Crippen molar-refractivity contribution in [3.63, 3.8) is 0 Å². The summed E-state index contributed by atoms with van der Waals surface area (Å²) >= 11 is 0. The molecule has 0 spiro atoms. The highest BCUT2D eigenvalue weighted by atomic mass is 32.2. The lowest BCUT2D eigenvalue weighted by Gasteiger charge is -2.29. The van der Waals surface area contributed by atoms with Crippen LogP contribution in [-0.2, 0) is 10.0 Å². The van der Waals surface area contributed by atoms with E-state index in [9.17, 15) is 22.4 Å². The van der Waals surface area contributed by atoms with Crippen LogP contribution in [0.1, 0.15) is 71.1 Å². The molecule has 1 aromatic carbocycles. The highest BCUT2D eigenvalue weighted by Gasteiger charge is 2.32. The quantitative estimate of drug-likeness (QED) is 0.275. The summed E-state index contributed by atoms with van der Waals surface area (Å²) in [7, 11) is -3.43. The van der Waals surface area contributed by atoms with Crippen LogP contribution in [0.5, 0.6) is 0 Å². The number of anilines is 3. The Morgan fingerprint density at radius 3 is 2.34 bits per heavy atom. The van der Waals surface area contributed by atoms with E-state index < -0.39 is 27.6 Å². The summed E-state index contributed by atoms with van der Waals surface area (Å²) in [5.74, 6) is 0. The Kier molecular flexibility index (Phi) is 10.2. The molecule has 0 radical (unpaired) electrons. The van der Waals surface area contributed by atoms with Crippen molar-refractivity contribution in [3.05, 3.63) is 45.0 Å². The van der Waals surface area contributed by atoms with E-state index in [1.54, 1.807) is 24.5 Å². The van der Waals surface area contributed by atoms with Gasteiger partial charge < -0.3 is 10.6 Å². The Hall–Kier alpha value is -2.33. The molecule has 1 heterocycles. The number of alkyl halides is 1. The molecule has 8 nitrogen and oxygen atoms in total. The number of hydrogen-bond acceptors (Lipinski definition) is 7. The van der Waals surface area contributed by atoms with Crippen LogP contribution >= 0.6 is 0 Å². The number of hydrogen-bond donors (Lipinski definition) is 2. The van der Waals surface area contributed by atoms with Crippen LogP contribution in [0.15, 0.2) is 34.1 Å². The third-order valence-electron chi connectivity index (χ3n) is 6.71. The van der Waals surface area contributed by atoms with Gasteiger partial charge in [-0.2, -0.15) is 4.31 Å². The van der Waals surface area contributed by atoms with Gasteiger partial charge in [-0.25, -0.2) is 12.8 Å². The first-order valence-electron chi connectivity index (χ1n) is 12.7. The molecule has 2 N–H and O–H groups in total. The molecule has 3 rings (SSSR count). The van der Waals surface area contributed by atoms with Crippen molar-refractivity contribution in [1.29, 1.82) is 0 Å². The van der Waals surface area contributed by atoms with Crippen molar-refractivity contribution in [3.8, 4) is 0 Å². The minimum atomic E-state index is -3.43. The first-order chi connectivity index (χ1) is 16.8. The summed E-state index contributed by atoms with van der Waals surface area (Å²) in [6.45, 7) is 1.61. The monoisotopic (exact) mass is 508 g/mol. The predicted molar refractivity (Wildman–Crippen MR) is 138 cm³/mol. The summed E-state index contributed by atoms with van der Waals surface area (Å²) in [4.78, 5) is 27.9. The second-order valence-electron chi connectivity index (χ2n) is 9.41. The van der Waals surface area contributed by atoms with E-state index >= 15 is 0 Å². The summed E-state index contributed by atoms with van der Waals surface area (Å²) in [6.07, 6.45) is 11.7. The van der Waals surface area contributed by atoms with Gasteiger partial charge in [0.25, 0.3) is 10.9 Å². The minimum absolute atomic E-state index is 0.00556. The average Bonchev–Trinajstić information content (AvgIpc) is 2.88. The smallest absolute Gasteiger partial charge is 0.253 e. The van der Waals surface area contributed by atoms with E-state index in [1.165, 1.54) is 4.31 Å². The maximum Gasteiger partial charge on any atom is 0.253 e. The summed E-state index contributed by atoms with van der Waals surface area (Å²) in [5.41, 5.74) is 0.238. The highest BCUT2D eigenvalue weighted by molar-refractivity contribution is 7.89. The van der Waals surface area contributed by atoms with Gasteiger partial charge in [-0.05, 0) is 44.7 Å². The number of nitrogens with one attached hydrogen (secondary N) is 2. The number of pyridine rings is 1. The summed E-state index contributed by atoms with van der Waals surface area (Å²) < 4.78 is 40.2. The fourth-order valence-corrected chi connectivity index (χ4v) is 6.73. The molecular formula is C25H37FN4O4S. The molecule has 1 atom stereocenters. The molecule has 0 aliphatic heterocycles. The number of rotatable bonds is 15. The van der Waals surface area contributed by atoms with Crippen LogP contribution in [0.4, 0.5) is 21.5 Å². The molecule has 1 aliphatic carbocycles. The lowest BCUT2D eigenvalue weighted by Crippen LogP contribution is -2.41. The molecule has 0 saturated heterocycles. The number of sulfonamides is 1. The SMILES string of the molecule is CC(CCCCCCN(CCF)S(=O)(=O)C1CCCCC1)Nc1c(Nc2ccncc2)c(=O)c1=O. The molecule has 1 aromatic heterocycles. The van der Waals surface area contributed by atoms with Gasteiger partial charge in [0, 0.05) is 37.2 Å². The minimum Gasteiger partial charge on any atom is -0.377 e. The standard InChI is InChI=1S/C25H37FN4O4S/c1-19(28-22-23(25(32)24(22)31)29-20-12-15-27-16-13-20)9-5-2-3-8-17-30(18-14-26)35(33,34)21-10-6-4-7-11-21/h12-13,15-16,19,21,28H,2-11,14,17-18H2,1H3,(H,27,29). The van der Waals surface area contributed by atoms with Crippen molar-refractivity contribution >= 4 is 27.1 Å².